The van der Waals surface area contributed by atoms with E-state index in [-0.39, 0.29) is 18.2 Å². The first-order chi connectivity index (χ1) is 13.5. The van der Waals surface area contributed by atoms with E-state index in [2.05, 4.69) is 10.6 Å². The van der Waals surface area contributed by atoms with Crippen LogP contribution in [0.3, 0.4) is 0 Å². The molecule has 7 heteroatoms. The van der Waals surface area contributed by atoms with E-state index in [0.29, 0.717) is 48.4 Å². The molecule has 1 atom stereocenters. The number of ether oxygens (including phenoxy) is 1. The lowest BCUT2D eigenvalue weighted by molar-refractivity contribution is -0.137. The summed E-state index contributed by atoms with van der Waals surface area (Å²) in [5.41, 5.74) is 0.784. The summed E-state index contributed by atoms with van der Waals surface area (Å²) in [7, 11) is 0. The van der Waals surface area contributed by atoms with Crippen molar-refractivity contribution in [2.45, 2.75) is 38.1 Å². The Labute approximate surface area is 162 Å². The summed E-state index contributed by atoms with van der Waals surface area (Å²) in [6.45, 7) is 0. The number of unbranched alkanes of at least 4 members (excludes halogenated alkanes) is 2. The minimum Gasteiger partial charge on any atom is -0.481 e. The van der Waals surface area contributed by atoms with Crippen LogP contribution in [0.15, 0.2) is 48.5 Å². The maximum atomic E-state index is 12.6. The van der Waals surface area contributed by atoms with E-state index in [1.165, 1.54) is 0 Å². The Morgan fingerprint density at radius 1 is 1.00 bits per heavy atom. The van der Waals surface area contributed by atoms with Gasteiger partial charge in [-0.1, -0.05) is 31.0 Å². The Morgan fingerprint density at radius 2 is 1.79 bits per heavy atom. The fourth-order valence-electron chi connectivity index (χ4n) is 3.03. The van der Waals surface area contributed by atoms with Gasteiger partial charge in [-0.3, -0.25) is 14.4 Å². The van der Waals surface area contributed by atoms with Crippen molar-refractivity contribution in [3.05, 3.63) is 54.1 Å². The maximum Gasteiger partial charge on any atom is 0.303 e. The predicted molar refractivity (Wildman–Crippen MR) is 104 cm³/mol. The topological polar surface area (TPSA) is 105 Å². The molecule has 3 N–H and O–H groups in total. The standard InChI is InChI=1S/C21H22N2O5/c24-19(25)10-6-2-5-9-18-21(27)22-17-12-11-15(13-16(17)20(26)23-18)28-14-7-3-1-4-8-14/h1,3-4,7-8,11-13,18H,2,5-6,9-10H2,(H,22,27)(H,23,26)(H,24,25). The molecule has 1 aliphatic heterocycles. The first-order valence-corrected chi connectivity index (χ1v) is 9.23. The molecule has 0 radical (unpaired) electrons. The van der Waals surface area contributed by atoms with Gasteiger partial charge in [0.2, 0.25) is 5.91 Å². The van der Waals surface area contributed by atoms with E-state index >= 15 is 0 Å². The Kier molecular flexibility index (Phi) is 6.26. The summed E-state index contributed by atoms with van der Waals surface area (Å²) < 4.78 is 5.76. The SMILES string of the molecule is O=C(O)CCCCCC1NC(=O)c2cc(Oc3ccccc3)ccc2NC1=O. The second kappa shape index (κ2) is 9.03. The van der Waals surface area contributed by atoms with Gasteiger partial charge in [-0.2, -0.15) is 0 Å². The number of rotatable bonds is 8. The number of hydrogen-bond acceptors (Lipinski definition) is 4. The van der Waals surface area contributed by atoms with Crippen molar-refractivity contribution in [1.82, 2.24) is 5.32 Å². The van der Waals surface area contributed by atoms with E-state index in [1.807, 2.05) is 30.3 Å². The smallest absolute Gasteiger partial charge is 0.303 e. The molecule has 1 heterocycles. The molecule has 1 aliphatic rings. The van der Waals surface area contributed by atoms with Crippen LogP contribution in [0.25, 0.3) is 0 Å². The van der Waals surface area contributed by atoms with Crippen LogP contribution in [-0.4, -0.2) is 28.9 Å². The second-order valence-electron chi connectivity index (χ2n) is 6.63. The van der Waals surface area contributed by atoms with E-state index in [1.54, 1.807) is 18.2 Å². The number of nitrogens with one attached hydrogen (secondary N) is 2. The van der Waals surface area contributed by atoms with Crippen LogP contribution in [0.1, 0.15) is 42.5 Å². The first-order valence-electron chi connectivity index (χ1n) is 9.23. The van der Waals surface area contributed by atoms with Crippen molar-refractivity contribution >= 4 is 23.5 Å². The van der Waals surface area contributed by atoms with Gasteiger partial charge in [0.1, 0.15) is 17.5 Å². The summed E-state index contributed by atoms with van der Waals surface area (Å²) in [6.07, 6.45) is 2.47. The molecule has 28 heavy (non-hydrogen) atoms. The number of carbonyl (C=O) groups is 3. The highest BCUT2D eigenvalue weighted by atomic mass is 16.5. The third-order valence-electron chi connectivity index (χ3n) is 4.48. The average molecular weight is 382 g/mol. The van der Waals surface area contributed by atoms with Gasteiger partial charge >= 0.3 is 5.97 Å². The zero-order chi connectivity index (χ0) is 19.9. The molecule has 0 saturated carbocycles. The molecular weight excluding hydrogens is 360 g/mol. The van der Waals surface area contributed by atoms with Crippen LogP contribution in [-0.2, 0) is 9.59 Å². The number of para-hydroxylation sites is 1. The quantitative estimate of drug-likeness (QED) is 0.606. The van der Waals surface area contributed by atoms with E-state index in [4.69, 9.17) is 9.84 Å². The molecule has 7 nitrogen and oxygen atoms in total. The highest BCUT2D eigenvalue weighted by molar-refractivity contribution is 6.10. The molecule has 1 unspecified atom stereocenters. The second-order valence-corrected chi connectivity index (χ2v) is 6.63. The molecule has 2 amide bonds. The highest BCUT2D eigenvalue weighted by Gasteiger charge is 2.27. The molecule has 2 aromatic rings. The van der Waals surface area contributed by atoms with Crippen molar-refractivity contribution < 1.29 is 24.2 Å². The molecular formula is C21H22N2O5. The zero-order valence-electron chi connectivity index (χ0n) is 15.3. The molecule has 146 valence electrons. The lowest BCUT2D eigenvalue weighted by Crippen LogP contribution is -2.41. The minimum absolute atomic E-state index is 0.110. The summed E-state index contributed by atoms with van der Waals surface area (Å²) in [5, 5.41) is 14.2. The third-order valence-corrected chi connectivity index (χ3v) is 4.48. The molecule has 0 fully saturated rings. The van der Waals surface area contributed by atoms with Gasteiger partial charge in [0, 0.05) is 6.42 Å². The molecule has 0 spiro atoms. The molecule has 0 aromatic heterocycles. The number of carboxylic acids is 1. The van der Waals surface area contributed by atoms with Crippen LogP contribution in [0.2, 0.25) is 0 Å². The number of carbonyl (C=O) groups excluding carboxylic acids is 2. The van der Waals surface area contributed by atoms with Gasteiger partial charge in [0.15, 0.2) is 0 Å². The fraction of sp³-hybridized carbons (Fsp3) is 0.286. The number of carboxylic acid groups (broad SMARTS) is 1. The summed E-state index contributed by atoms with van der Waals surface area (Å²) >= 11 is 0. The monoisotopic (exact) mass is 382 g/mol. The number of amides is 2. The van der Waals surface area contributed by atoms with Gasteiger partial charge in [-0.15, -0.1) is 0 Å². The van der Waals surface area contributed by atoms with Crippen LogP contribution in [0, 0.1) is 0 Å². The Balaban J connectivity index is 1.64. The van der Waals surface area contributed by atoms with E-state index in [0.717, 1.165) is 0 Å². The molecule has 0 aliphatic carbocycles. The van der Waals surface area contributed by atoms with Crippen LogP contribution in [0.4, 0.5) is 5.69 Å². The van der Waals surface area contributed by atoms with Crippen LogP contribution >= 0.6 is 0 Å². The lowest BCUT2D eigenvalue weighted by Gasteiger charge is -2.14. The van der Waals surface area contributed by atoms with Gasteiger partial charge in [-0.25, -0.2) is 0 Å². The lowest BCUT2D eigenvalue weighted by atomic mass is 10.1. The summed E-state index contributed by atoms with van der Waals surface area (Å²) in [6, 6.07) is 13.5. The molecule has 0 bridgehead atoms. The number of fused-ring (bicyclic) bond motifs is 1. The van der Waals surface area contributed by atoms with E-state index < -0.39 is 12.0 Å². The van der Waals surface area contributed by atoms with Gasteiger partial charge < -0.3 is 20.5 Å². The number of anilines is 1. The Bertz CT molecular complexity index is 866. The highest BCUT2D eigenvalue weighted by Crippen LogP contribution is 2.28. The van der Waals surface area contributed by atoms with Crippen molar-refractivity contribution in [2.75, 3.05) is 5.32 Å². The van der Waals surface area contributed by atoms with Crippen molar-refractivity contribution in [2.24, 2.45) is 0 Å². The molecule has 3 rings (SSSR count). The largest absolute Gasteiger partial charge is 0.481 e. The zero-order valence-corrected chi connectivity index (χ0v) is 15.3. The molecule has 0 saturated heterocycles. The number of aliphatic carboxylic acids is 1. The predicted octanol–water partition coefficient (Wildman–Crippen LogP) is 3.56. The first kappa shape index (κ1) is 19.4. The average Bonchev–Trinajstić information content (AvgIpc) is 2.79. The van der Waals surface area contributed by atoms with Crippen molar-refractivity contribution in [1.29, 1.82) is 0 Å². The van der Waals surface area contributed by atoms with Crippen molar-refractivity contribution in [3.8, 4) is 11.5 Å². The summed E-state index contributed by atoms with van der Waals surface area (Å²) in [4.78, 5) is 35.6. The number of benzene rings is 2. The van der Waals surface area contributed by atoms with Crippen molar-refractivity contribution in [3.63, 3.8) is 0 Å². The number of hydrogen-bond donors (Lipinski definition) is 3. The van der Waals surface area contributed by atoms with Crippen LogP contribution in [0.5, 0.6) is 11.5 Å². The fourth-order valence-corrected chi connectivity index (χ4v) is 3.03. The van der Waals surface area contributed by atoms with Gasteiger partial charge in [0.25, 0.3) is 5.91 Å². The van der Waals surface area contributed by atoms with E-state index in [9.17, 15) is 14.4 Å². The molecule has 2 aromatic carbocycles. The summed E-state index contributed by atoms with van der Waals surface area (Å²) in [5.74, 6) is -0.296. The normalized spacial score (nSPS) is 15.8. The maximum absolute atomic E-state index is 12.6. The Hall–Kier alpha value is -3.35. The van der Waals surface area contributed by atoms with Gasteiger partial charge in [-0.05, 0) is 43.2 Å². The minimum atomic E-state index is -0.829. The van der Waals surface area contributed by atoms with Crippen LogP contribution < -0.4 is 15.4 Å². The third kappa shape index (κ3) is 5.09. The van der Waals surface area contributed by atoms with Gasteiger partial charge in [0.05, 0.1) is 11.3 Å². The Morgan fingerprint density at radius 3 is 2.54 bits per heavy atom.